The third-order valence-corrected chi connectivity index (χ3v) is 8.34. The smallest absolute Gasteiger partial charge is 0.422 e. The fraction of sp³-hybridized carbons (Fsp3) is 0.333. The zero-order valence-corrected chi connectivity index (χ0v) is 22.8. The van der Waals surface area contributed by atoms with E-state index >= 15 is 0 Å². The molecule has 2 N–H and O–H groups in total. The first-order valence-electron chi connectivity index (χ1n) is 11.5. The van der Waals surface area contributed by atoms with Gasteiger partial charge in [-0.2, -0.15) is 18.2 Å². The van der Waals surface area contributed by atoms with Gasteiger partial charge in [-0.25, -0.2) is 8.78 Å². The van der Waals surface area contributed by atoms with Crippen molar-refractivity contribution in [3.63, 3.8) is 0 Å². The Morgan fingerprint density at radius 3 is 2.48 bits per heavy atom. The van der Waals surface area contributed by atoms with E-state index in [4.69, 9.17) is 10.5 Å². The summed E-state index contributed by atoms with van der Waals surface area (Å²) in [5, 5.41) is 3.55. The van der Waals surface area contributed by atoms with Gasteiger partial charge in [-0.15, -0.1) is 22.7 Å². The van der Waals surface area contributed by atoms with Gasteiger partial charge in [0.1, 0.15) is 28.4 Å². The summed E-state index contributed by atoms with van der Waals surface area (Å²) in [7, 11) is 3.45. The molecule has 0 bridgehead atoms. The summed E-state index contributed by atoms with van der Waals surface area (Å²) in [6, 6.07) is 1.26. The molecule has 1 aromatic carbocycles. The maximum absolute atomic E-state index is 14.9. The molecule has 214 valence electrons. The molecule has 0 fully saturated rings. The van der Waals surface area contributed by atoms with E-state index in [9.17, 15) is 36.3 Å². The van der Waals surface area contributed by atoms with Crippen LogP contribution in [0.25, 0.3) is 11.3 Å². The molecule has 9 nitrogen and oxygen atoms in total. The molecule has 0 aliphatic carbocycles. The second kappa shape index (κ2) is 11.1. The molecule has 3 heterocycles. The molecule has 2 aromatic heterocycles. The lowest BCUT2D eigenvalue weighted by atomic mass is 10.1. The number of esters is 1. The standard InChI is InChI=1S/C24H22F5N5O4S2/c1-11-32(2)21(37)18-12(8-39-22(18)33(11)3)6-16(35)31-23-34(10-38-17(36)7-30)15(9-40-23)13-4-5-14(25)19(20(13)26)24(27,28)29/h4-5,8-9,11H,6-7,10,30H2,1-3H3. The van der Waals surface area contributed by atoms with Gasteiger partial charge >= 0.3 is 12.1 Å². The van der Waals surface area contributed by atoms with Crippen molar-refractivity contribution >= 4 is 45.5 Å². The fourth-order valence-corrected chi connectivity index (χ4v) is 6.06. The van der Waals surface area contributed by atoms with Crippen LogP contribution >= 0.6 is 22.7 Å². The lowest BCUT2D eigenvalue weighted by Crippen LogP contribution is -2.49. The molecule has 1 unspecified atom stereocenters. The van der Waals surface area contributed by atoms with Crippen molar-refractivity contribution in [1.82, 2.24) is 9.47 Å². The summed E-state index contributed by atoms with van der Waals surface area (Å²) in [4.78, 5) is 44.8. The van der Waals surface area contributed by atoms with Crippen LogP contribution in [0.2, 0.25) is 0 Å². The summed E-state index contributed by atoms with van der Waals surface area (Å²) in [5.74, 6) is -5.56. The first-order valence-corrected chi connectivity index (χ1v) is 13.3. The van der Waals surface area contributed by atoms with Gasteiger partial charge in [-0.05, 0) is 30.0 Å². The largest absolute Gasteiger partial charge is 0.443 e. The predicted molar refractivity (Wildman–Crippen MR) is 136 cm³/mol. The van der Waals surface area contributed by atoms with Crippen molar-refractivity contribution < 1.29 is 41.1 Å². The van der Waals surface area contributed by atoms with E-state index in [0.29, 0.717) is 22.2 Å². The Morgan fingerprint density at radius 2 is 1.82 bits per heavy atom. The van der Waals surface area contributed by atoms with Crippen molar-refractivity contribution in [3.05, 3.63) is 56.0 Å². The van der Waals surface area contributed by atoms with E-state index in [1.807, 2.05) is 18.9 Å². The van der Waals surface area contributed by atoms with Gasteiger partial charge in [-0.3, -0.25) is 19.0 Å². The highest BCUT2D eigenvalue weighted by Crippen LogP contribution is 2.39. The van der Waals surface area contributed by atoms with Gasteiger partial charge in [0.2, 0.25) is 0 Å². The van der Waals surface area contributed by atoms with Gasteiger partial charge in [0, 0.05) is 25.0 Å². The lowest BCUT2D eigenvalue weighted by Gasteiger charge is -2.38. The number of hydrogen-bond donors (Lipinski definition) is 1. The van der Waals surface area contributed by atoms with E-state index < -0.39 is 54.1 Å². The molecule has 1 aliphatic heterocycles. The van der Waals surface area contributed by atoms with Crippen molar-refractivity contribution in [2.75, 3.05) is 25.5 Å². The van der Waals surface area contributed by atoms with Gasteiger partial charge in [0.25, 0.3) is 11.8 Å². The summed E-state index contributed by atoms with van der Waals surface area (Å²) in [6.45, 7) is 0.666. The number of halogens is 5. The predicted octanol–water partition coefficient (Wildman–Crippen LogP) is 3.57. The van der Waals surface area contributed by atoms with Crippen LogP contribution in [-0.2, 0) is 33.7 Å². The summed E-state index contributed by atoms with van der Waals surface area (Å²) >= 11 is 2.05. The number of alkyl halides is 3. The van der Waals surface area contributed by atoms with Crippen LogP contribution in [0.4, 0.5) is 27.0 Å². The minimum atomic E-state index is -5.32. The molecule has 0 spiro atoms. The Kier molecular flexibility index (Phi) is 8.14. The number of anilines is 1. The number of carbonyl (C=O) groups excluding carboxylic acids is 3. The summed E-state index contributed by atoms with van der Waals surface area (Å²) in [5.41, 5.74) is 3.05. The Hall–Kier alpha value is -3.63. The Balaban J connectivity index is 1.75. The fourth-order valence-electron chi connectivity index (χ4n) is 4.05. The van der Waals surface area contributed by atoms with Crippen molar-refractivity contribution in [3.8, 4) is 11.3 Å². The molecule has 0 radical (unpaired) electrons. The molecule has 4 rings (SSSR count). The van der Waals surface area contributed by atoms with E-state index in [1.54, 1.807) is 12.4 Å². The topological polar surface area (TPSA) is 110 Å². The first-order chi connectivity index (χ1) is 18.8. The summed E-state index contributed by atoms with van der Waals surface area (Å²) in [6.07, 6.45) is -5.81. The molecule has 40 heavy (non-hydrogen) atoms. The van der Waals surface area contributed by atoms with Gasteiger partial charge in [0.05, 0.1) is 24.2 Å². The third-order valence-electron chi connectivity index (χ3n) is 6.35. The van der Waals surface area contributed by atoms with Crippen molar-refractivity contribution in [2.24, 2.45) is 10.7 Å². The van der Waals surface area contributed by atoms with E-state index in [2.05, 4.69) is 4.99 Å². The minimum Gasteiger partial charge on any atom is -0.443 e. The SMILES string of the molecule is CC1N(C)C(=O)c2c(CC(=O)N=c3scc(-c4ccc(F)c(C(F)(F)F)c4F)n3COC(=O)CN)csc2N1C. The van der Waals surface area contributed by atoms with E-state index in [1.165, 1.54) is 21.6 Å². The number of ether oxygens (including phenoxy) is 1. The number of aromatic nitrogens is 1. The molecule has 0 saturated heterocycles. The number of benzene rings is 1. The molecule has 2 amide bonds. The molecule has 3 aromatic rings. The van der Waals surface area contributed by atoms with Crippen molar-refractivity contribution in [2.45, 2.75) is 32.4 Å². The Bertz CT molecular complexity index is 1560. The third kappa shape index (κ3) is 5.38. The highest BCUT2D eigenvalue weighted by atomic mass is 32.1. The van der Waals surface area contributed by atoms with Gasteiger partial charge in [0.15, 0.2) is 11.5 Å². The second-order valence-corrected chi connectivity index (χ2v) is 10.4. The quantitative estimate of drug-likeness (QED) is 0.341. The number of hydrogen-bond acceptors (Lipinski definition) is 8. The average molecular weight is 604 g/mol. The second-order valence-electron chi connectivity index (χ2n) is 8.75. The average Bonchev–Trinajstić information content (AvgIpc) is 3.48. The van der Waals surface area contributed by atoms with Crippen LogP contribution in [0.3, 0.4) is 0 Å². The zero-order valence-electron chi connectivity index (χ0n) is 21.2. The van der Waals surface area contributed by atoms with Crippen LogP contribution in [0.1, 0.15) is 28.4 Å². The molecule has 1 aliphatic rings. The number of nitrogens with two attached hydrogens (primary N) is 1. The van der Waals surface area contributed by atoms with E-state index in [0.717, 1.165) is 22.0 Å². The molecular weight excluding hydrogens is 581 g/mol. The van der Waals surface area contributed by atoms with Gasteiger partial charge < -0.3 is 20.3 Å². The van der Waals surface area contributed by atoms with Crippen LogP contribution in [0, 0.1) is 11.6 Å². The van der Waals surface area contributed by atoms with E-state index in [-0.39, 0.29) is 29.0 Å². The Labute approximate surface area is 231 Å². The van der Waals surface area contributed by atoms with Crippen LogP contribution in [0.15, 0.2) is 27.9 Å². The molecule has 16 heteroatoms. The normalized spacial score (nSPS) is 16.0. The lowest BCUT2D eigenvalue weighted by molar-refractivity contribution is -0.145. The number of nitrogens with zero attached hydrogens (tertiary/aromatic N) is 4. The molecular formula is C24H22F5N5O4S2. The molecule has 0 saturated carbocycles. The van der Waals surface area contributed by atoms with Gasteiger partial charge in [-0.1, -0.05) is 0 Å². The number of carbonyl (C=O) groups is 3. The van der Waals surface area contributed by atoms with Crippen LogP contribution in [0.5, 0.6) is 0 Å². The maximum atomic E-state index is 14.9. The van der Waals surface area contributed by atoms with Crippen LogP contribution in [-0.4, -0.2) is 54.1 Å². The molecule has 1 atom stereocenters. The Morgan fingerprint density at radius 1 is 1.12 bits per heavy atom. The number of rotatable bonds is 6. The summed E-state index contributed by atoms with van der Waals surface area (Å²) < 4.78 is 74.8. The highest BCUT2D eigenvalue weighted by molar-refractivity contribution is 7.14. The van der Waals surface area contributed by atoms with Crippen molar-refractivity contribution in [1.29, 1.82) is 0 Å². The number of amides is 2. The van der Waals surface area contributed by atoms with Crippen LogP contribution < -0.4 is 15.4 Å². The zero-order chi connectivity index (χ0) is 29.5. The maximum Gasteiger partial charge on any atom is 0.422 e. The minimum absolute atomic E-state index is 0.139. The highest BCUT2D eigenvalue weighted by Gasteiger charge is 2.39. The number of thiophene rings is 1. The monoisotopic (exact) mass is 603 g/mol. The number of thiazole rings is 1. The number of fused-ring (bicyclic) bond motifs is 1. The first kappa shape index (κ1) is 29.4.